The van der Waals surface area contributed by atoms with Crippen molar-refractivity contribution in [2.45, 2.75) is 25.8 Å². The highest BCUT2D eigenvalue weighted by molar-refractivity contribution is 6.05. The van der Waals surface area contributed by atoms with E-state index in [1.165, 1.54) is 0 Å². The summed E-state index contributed by atoms with van der Waals surface area (Å²) in [5, 5.41) is 1.13. The fourth-order valence-corrected chi connectivity index (χ4v) is 4.45. The highest BCUT2D eigenvalue weighted by Crippen LogP contribution is 2.42. The van der Waals surface area contributed by atoms with Gasteiger partial charge in [0.2, 0.25) is 0 Å². The molecule has 1 amide bonds. The number of benzene rings is 2. The number of pyridine rings is 2. The van der Waals surface area contributed by atoms with Crippen molar-refractivity contribution in [1.29, 1.82) is 0 Å². The Bertz CT molecular complexity index is 1250. The van der Waals surface area contributed by atoms with Crippen LogP contribution in [0.2, 0.25) is 0 Å². The number of nitrogens with zero attached hydrogens (tertiary/aromatic N) is 3. The Morgan fingerprint density at radius 3 is 2.53 bits per heavy atom. The van der Waals surface area contributed by atoms with E-state index in [0.29, 0.717) is 6.54 Å². The molecule has 0 spiro atoms. The first-order valence-electron chi connectivity index (χ1n) is 10.3. The maximum absolute atomic E-state index is 13.5. The molecule has 0 radical (unpaired) electrons. The van der Waals surface area contributed by atoms with Crippen molar-refractivity contribution in [3.8, 4) is 11.1 Å². The molecule has 0 fully saturated rings. The van der Waals surface area contributed by atoms with Crippen LogP contribution in [0.25, 0.3) is 22.0 Å². The fourth-order valence-electron chi connectivity index (χ4n) is 4.45. The fraction of sp³-hybridized carbons (Fsp3) is 0.192. The van der Waals surface area contributed by atoms with Gasteiger partial charge in [0.1, 0.15) is 0 Å². The van der Waals surface area contributed by atoms with Crippen molar-refractivity contribution in [3.05, 3.63) is 95.9 Å². The lowest BCUT2D eigenvalue weighted by Crippen LogP contribution is -2.40. The first-order chi connectivity index (χ1) is 14.6. The summed E-state index contributed by atoms with van der Waals surface area (Å²) in [5.74, 6) is 0.0863. The van der Waals surface area contributed by atoms with Crippen LogP contribution < -0.4 is 0 Å². The lowest BCUT2D eigenvalue weighted by Gasteiger charge is -2.32. The van der Waals surface area contributed by atoms with E-state index in [2.05, 4.69) is 43.1 Å². The third kappa shape index (κ3) is 2.96. The van der Waals surface area contributed by atoms with Crippen molar-refractivity contribution in [1.82, 2.24) is 14.9 Å². The van der Waals surface area contributed by atoms with Crippen molar-refractivity contribution in [2.24, 2.45) is 0 Å². The van der Waals surface area contributed by atoms with Crippen molar-refractivity contribution >= 4 is 16.8 Å². The van der Waals surface area contributed by atoms with Gasteiger partial charge in [-0.05, 0) is 54.8 Å². The second-order valence-corrected chi connectivity index (χ2v) is 8.23. The van der Waals surface area contributed by atoms with Crippen molar-refractivity contribution < 1.29 is 4.79 Å². The summed E-state index contributed by atoms with van der Waals surface area (Å²) in [4.78, 5) is 24.4. The van der Waals surface area contributed by atoms with Crippen molar-refractivity contribution in [3.63, 3.8) is 0 Å². The molecular weight excluding hydrogens is 370 g/mol. The van der Waals surface area contributed by atoms with Crippen LogP contribution in [0.5, 0.6) is 0 Å². The number of fused-ring (bicyclic) bond motifs is 2. The van der Waals surface area contributed by atoms with Crippen LogP contribution in [-0.2, 0) is 12.0 Å². The molecule has 5 rings (SSSR count). The van der Waals surface area contributed by atoms with E-state index in [1.54, 1.807) is 12.4 Å². The van der Waals surface area contributed by atoms with Gasteiger partial charge in [0.15, 0.2) is 0 Å². The SMILES string of the molecule is CC1(C)c2cccc(-c3ccncc3)c2C(=O)N1CCc1ccc2ccccc2n1. The zero-order chi connectivity index (χ0) is 20.7. The smallest absolute Gasteiger partial charge is 0.255 e. The minimum atomic E-state index is -0.369. The zero-order valence-electron chi connectivity index (χ0n) is 17.2. The summed E-state index contributed by atoms with van der Waals surface area (Å²) < 4.78 is 0. The summed E-state index contributed by atoms with van der Waals surface area (Å²) in [6, 6.07) is 22.3. The first kappa shape index (κ1) is 18.5. The number of para-hydroxylation sites is 1. The summed E-state index contributed by atoms with van der Waals surface area (Å²) >= 11 is 0. The molecule has 0 atom stereocenters. The average Bonchev–Trinajstić information content (AvgIpc) is 2.98. The lowest BCUT2D eigenvalue weighted by molar-refractivity contribution is 0.0622. The Morgan fingerprint density at radius 1 is 0.900 bits per heavy atom. The number of carbonyl (C=O) groups is 1. The topological polar surface area (TPSA) is 46.1 Å². The molecule has 0 N–H and O–H groups in total. The van der Waals surface area contributed by atoms with Gasteiger partial charge in [-0.25, -0.2) is 0 Å². The van der Waals surface area contributed by atoms with Crippen LogP contribution in [-0.4, -0.2) is 27.3 Å². The summed E-state index contributed by atoms with van der Waals surface area (Å²) in [6.07, 6.45) is 4.25. The van der Waals surface area contributed by atoms with Crippen LogP contribution >= 0.6 is 0 Å². The molecule has 4 heteroatoms. The lowest BCUT2D eigenvalue weighted by atomic mass is 9.89. The van der Waals surface area contributed by atoms with Gasteiger partial charge in [-0.3, -0.25) is 14.8 Å². The van der Waals surface area contributed by atoms with E-state index in [-0.39, 0.29) is 11.4 Å². The van der Waals surface area contributed by atoms with Gasteiger partial charge < -0.3 is 4.90 Å². The second kappa shape index (κ2) is 7.06. The number of amides is 1. The molecule has 30 heavy (non-hydrogen) atoms. The van der Waals surface area contributed by atoms with Gasteiger partial charge in [0, 0.05) is 36.4 Å². The molecular formula is C26H23N3O. The monoisotopic (exact) mass is 393 g/mol. The Balaban J connectivity index is 1.46. The molecule has 0 saturated carbocycles. The van der Waals surface area contributed by atoms with E-state index in [9.17, 15) is 4.79 Å². The number of hydrogen-bond acceptors (Lipinski definition) is 3. The molecule has 4 aromatic rings. The molecule has 2 aromatic heterocycles. The van der Waals surface area contributed by atoms with Gasteiger partial charge in [-0.2, -0.15) is 0 Å². The van der Waals surface area contributed by atoms with Crippen LogP contribution in [0.4, 0.5) is 0 Å². The van der Waals surface area contributed by atoms with Crippen LogP contribution in [0.15, 0.2) is 79.1 Å². The minimum Gasteiger partial charge on any atom is -0.329 e. The normalized spacial score (nSPS) is 14.9. The third-order valence-corrected chi connectivity index (χ3v) is 6.10. The Hall–Kier alpha value is -3.53. The predicted molar refractivity (Wildman–Crippen MR) is 119 cm³/mol. The highest BCUT2D eigenvalue weighted by atomic mass is 16.2. The van der Waals surface area contributed by atoms with Gasteiger partial charge in [0.25, 0.3) is 5.91 Å². The van der Waals surface area contributed by atoms with E-state index >= 15 is 0 Å². The highest BCUT2D eigenvalue weighted by Gasteiger charge is 2.43. The summed E-state index contributed by atoms with van der Waals surface area (Å²) in [7, 11) is 0. The van der Waals surface area contributed by atoms with E-state index < -0.39 is 0 Å². The van der Waals surface area contributed by atoms with E-state index in [0.717, 1.165) is 45.3 Å². The van der Waals surface area contributed by atoms with Crippen molar-refractivity contribution in [2.75, 3.05) is 6.54 Å². The molecule has 0 aliphatic carbocycles. The summed E-state index contributed by atoms with van der Waals surface area (Å²) in [6.45, 7) is 4.88. The molecule has 0 unspecified atom stereocenters. The first-order valence-corrected chi connectivity index (χ1v) is 10.3. The quantitative estimate of drug-likeness (QED) is 0.477. The predicted octanol–water partition coefficient (Wildman–Crippen LogP) is 5.23. The number of aromatic nitrogens is 2. The molecule has 1 aliphatic rings. The Labute approximate surface area is 176 Å². The maximum atomic E-state index is 13.5. The van der Waals surface area contributed by atoms with E-state index in [1.807, 2.05) is 47.4 Å². The van der Waals surface area contributed by atoms with Gasteiger partial charge >= 0.3 is 0 Å². The van der Waals surface area contributed by atoms with Crippen LogP contribution in [0.1, 0.15) is 35.5 Å². The molecule has 0 bridgehead atoms. The number of carbonyl (C=O) groups excluding carboxylic acids is 1. The second-order valence-electron chi connectivity index (χ2n) is 8.23. The average molecular weight is 393 g/mol. The van der Waals surface area contributed by atoms with E-state index in [4.69, 9.17) is 4.98 Å². The van der Waals surface area contributed by atoms with Gasteiger partial charge in [-0.1, -0.05) is 42.5 Å². The molecule has 148 valence electrons. The molecule has 4 nitrogen and oxygen atoms in total. The standard InChI is InChI=1S/C26H23N3O/c1-26(2)22-8-5-7-21(18-12-15-27-16-13-18)24(22)25(30)29(26)17-14-20-11-10-19-6-3-4-9-23(19)28-20/h3-13,15-16H,14,17H2,1-2H3. The summed E-state index contributed by atoms with van der Waals surface area (Å²) in [5.41, 5.74) is 5.50. The molecule has 3 heterocycles. The molecule has 2 aromatic carbocycles. The van der Waals surface area contributed by atoms with Crippen LogP contribution in [0, 0.1) is 0 Å². The Morgan fingerprint density at radius 2 is 1.70 bits per heavy atom. The van der Waals surface area contributed by atoms with Crippen LogP contribution in [0.3, 0.4) is 0 Å². The maximum Gasteiger partial charge on any atom is 0.255 e. The zero-order valence-corrected chi connectivity index (χ0v) is 17.2. The van der Waals surface area contributed by atoms with Gasteiger partial charge in [0.05, 0.1) is 16.6 Å². The third-order valence-electron chi connectivity index (χ3n) is 6.10. The Kier molecular flexibility index (Phi) is 4.35. The van der Waals surface area contributed by atoms with Gasteiger partial charge in [-0.15, -0.1) is 0 Å². The minimum absolute atomic E-state index is 0.0863. The molecule has 1 aliphatic heterocycles. The number of rotatable bonds is 4. The number of hydrogen-bond donors (Lipinski definition) is 0. The molecule has 0 saturated heterocycles. The largest absolute Gasteiger partial charge is 0.329 e.